The molecular weight excluding hydrogens is 380 g/mol. The Kier molecular flexibility index (Phi) is 5.61. The lowest BCUT2D eigenvalue weighted by atomic mass is 9.87. The number of benzene rings is 1. The summed E-state index contributed by atoms with van der Waals surface area (Å²) in [5.74, 6) is 3.19. The van der Waals surface area contributed by atoms with Gasteiger partial charge in [-0.15, -0.1) is 0 Å². The van der Waals surface area contributed by atoms with Crippen LogP contribution in [0.5, 0.6) is 11.5 Å². The molecule has 2 N–H and O–H groups in total. The molecule has 0 radical (unpaired) electrons. The van der Waals surface area contributed by atoms with Crippen molar-refractivity contribution in [1.82, 2.24) is 0 Å². The first kappa shape index (κ1) is 20.1. The van der Waals surface area contributed by atoms with Crippen molar-refractivity contribution < 1.29 is 24.4 Å². The molecule has 4 aliphatic rings. The van der Waals surface area contributed by atoms with Gasteiger partial charge in [-0.05, 0) is 61.1 Å². The third-order valence-corrected chi connectivity index (χ3v) is 6.98. The second-order valence-electron chi connectivity index (χ2n) is 9.13. The molecular formula is C25H32O5. The molecule has 2 fully saturated rings. The van der Waals surface area contributed by atoms with Gasteiger partial charge in [-0.2, -0.15) is 0 Å². The van der Waals surface area contributed by atoms with E-state index in [2.05, 4.69) is 31.2 Å². The van der Waals surface area contributed by atoms with E-state index in [9.17, 15) is 10.2 Å². The monoisotopic (exact) mass is 412 g/mol. The summed E-state index contributed by atoms with van der Waals surface area (Å²) in [6.07, 6.45) is 12.6. The fraction of sp³-hybridized carbons (Fsp3) is 0.600. The van der Waals surface area contributed by atoms with Gasteiger partial charge in [0, 0.05) is 24.0 Å². The van der Waals surface area contributed by atoms with Crippen molar-refractivity contribution in [3.63, 3.8) is 0 Å². The number of hydrogen-bond acceptors (Lipinski definition) is 5. The largest absolute Gasteiger partial charge is 0.453 e. The number of rotatable bonds is 6. The van der Waals surface area contributed by atoms with Crippen molar-refractivity contribution in [2.24, 2.45) is 11.8 Å². The number of ether oxygens (including phenoxy) is 3. The van der Waals surface area contributed by atoms with Crippen LogP contribution >= 0.6 is 0 Å². The van der Waals surface area contributed by atoms with Crippen LogP contribution in [-0.4, -0.2) is 35.8 Å². The second-order valence-corrected chi connectivity index (χ2v) is 9.13. The average Bonchev–Trinajstić information content (AvgIpc) is 3.50. The topological polar surface area (TPSA) is 68.2 Å². The number of aliphatic hydroxyl groups excluding tert-OH is 2. The van der Waals surface area contributed by atoms with Crippen LogP contribution in [0.15, 0.2) is 29.9 Å². The third kappa shape index (κ3) is 3.91. The Morgan fingerprint density at radius 2 is 1.97 bits per heavy atom. The molecule has 2 aliphatic heterocycles. The second kappa shape index (κ2) is 8.37. The Hall–Kier alpha value is -1.82. The summed E-state index contributed by atoms with van der Waals surface area (Å²) in [6.45, 7) is 2.27. The molecule has 0 amide bonds. The van der Waals surface area contributed by atoms with Gasteiger partial charge < -0.3 is 24.4 Å². The lowest BCUT2D eigenvalue weighted by Crippen LogP contribution is -2.33. The Bertz CT molecular complexity index is 854. The van der Waals surface area contributed by atoms with E-state index < -0.39 is 6.10 Å². The van der Waals surface area contributed by atoms with Gasteiger partial charge in [-0.25, -0.2) is 0 Å². The summed E-state index contributed by atoms with van der Waals surface area (Å²) in [5, 5.41) is 19.9. The lowest BCUT2D eigenvalue weighted by molar-refractivity contribution is -0.114. The van der Waals surface area contributed by atoms with Gasteiger partial charge in [-0.1, -0.05) is 25.2 Å². The van der Waals surface area contributed by atoms with Crippen molar-refractivity contribution in [2.45, 2.75) is 70.2 Å². The molecule has 5 heteroatoms. The maximum absolute atomic E-state index is 10.3. The highest BCUT2D eigenvalue weighted by molar-refractivity contribution is 5.59. The molecule has 5 rings (SSSR count). The van der Waals surface area contributed by atoms with E-state index in [1.807, 2.05) is 0 Å². The predicted octanol–water partition coefficient (Wildman–Crippen LogP) is 4.01. The zero-order valence-corrected chi connectivity index (χ0v) is 17.7. The average molecular weight is 413 g/mol. The van der Waals surface area contributed by atoms with Crippen LogP contribution in [0.3, 0.4) is 0 Å². The SMILES string of the molecule is CCc1c(CC2=CCC(C3CC3)C=C2)cc(C2CC(O)CC(CO)O2)c2c1OCO2. The van der Waals surface area contributed by atoms with Crippen LogP contribution in [0.2, 0.25) is 0 Å². The standard InChI is InChI=1S/C25H32O5/c1-2-21-18(9-15-3-5-16(6-4-15)17-7-8-17)10-22(25-24(21)28-14-29-25)23-12-19(27)11-20(13-26)30-23/h3-5,10,16-17,19-20,23,26-27H,2,6-9,11-14H2,1H3. The molecule has 162 valence electrons. The fourth-order valence-electron chi connectivity index (χ4n) is 5.20. The van der Waals surface area contributed by atoms with Gasteiger partial charge in [-0.3, -0.25) is 0 Å². The first-order valence-corrected chi connectivity index (χ1v) is 11.4. The van der Waals surface area contributed by atoms with E-state index in [-0.39, 0.29) is 25.6 Å². The minimum Gasteiger partial charge on any atom is -0.453 e. The molecule has 2 heterocycles. The molecule has 0 aromatic heterocycles. The zero-order chi connectivity index (χ0) is 20.7. The molecule has 1 aromatic carbocycles. The molecule has 30 heavy (non-hydrogen) atoms. The van der Waals surface area contributed by atoms with E-state index in [1.54, 1.807) is 0 Å². The summed E-state index contributed by atoms with van der Waals surface area (Å²) < 4.78 is 17.8. The highest BCUT2D eigenvalue weighted by atomic mass is 16.7. The minimum absolute atomic E-state index is 0.0904. The molecule has 1 aromatic rings. The van der Waals surface area contributed by atoms with Crippen molar-refractivity contribution in [1.29, 1.82) is 0 Å². The summed E-state index contributed by atoms with van der Waals surface area (Å²) in [5.41, 5.74) is 4.72. The van der Waals surface area contributed by atoms with Gasteiger partial charge >= 0.3 is 0 Å². The number of hydrogen-bond donors (Lipinski definition) is 2. The van der Waals surface area contributed by atoms with Crippen molar-refractivity contribution in [3.8, 4) is 11.5 Å². The summed E-state index contributed by atoms with van der Waals surface area (Å²) >= 11 is 0. The van der Waals surface area contributed by atoms with Crippen molar-refractivity contribution in [3.05, 3.63) is 46.6 Å². The van der Waals surface area contributed by atoms with Gasteiger partial charge in [0.15, 0.2) is 11.5 Å². The predicted molar refractivity (Wildman–Crippen MR) is 114 cm³/mol. The molecule has 4 unspecified atom stereocenters. The molecule has 0 bridgehead atoms. The lowest BCUT2D eigenvalue weighted by Gasteiger charge is -2.33. The highest BCUT2D eigenvalue weighted by Gasteiger charge is 2.35. The van der Waals surface area contributed by atoms with Crippen molar-refractivity contribution >= 4 is 0 Å². The quantitative estimate of drug-likeness (QED) is 0.739. The molecule has 1 saturated heterocycles. The van der Waals surface area contributed by atoms with Crippen LogP contribution in [0.4, 0.5) is 0 Å². The number of allylic oxidation sites excluding steroid dienone is 4. The Balaban J connectivity index is 1.45. The van der Waals surface area contributed by atoms with E-state index in [1.165, 1.54) is 29.5 Å². The fourth-order valence-corrected chi connectivity index (χ4v) is 5.20. The zero-order valence-electron chi connectivity index (χ0n) is 17.7. The molecule has 1 saturated carbocycles. The van der Waals surface area contributed by atoms with Gasteiger partial charge in [0.2, 0.25) is 6.79 Å². The highest BCUT2D eigenvalue weighted by Crippen LogP contribution is 2.47. The van der Waals surface area contributed by atoms with Gasteiger partial charge in [0.1, 0.15) is 0 Å². The first-order chi connectivity index (χ1) is 14.7. The number of aliphatic hydroxyl groups is 2. The normalized spacial score (nSPS) is 30.4. The summed E-state index contributed by atoms with van der Waals surface area (Å²) in [6, 6.07) is 2.19. The molecule has 2 aliphatic carbocycles. The van der Waals surface area contributed by atoms with Crippen LogP contribution in [0.25, 0.3) is 0 Å². The van der Waals surface area contributed by atoms with Crippen LogP contribution in [-0.2, 0) is 17.6 Å². The molecule has 0 spiro atoms. The first-order valence-electron chi connectivity index (χ1n) is 11.4. The molecule has 4 atom stereocenters. The third-order valence-electron chi connectivity index (χ3n) is 6.98. The van der Waals surface area contributed by atoms with E-state index in [0.717, 1.165) is 48.2 Å². The Labute approximate surface area is 178 Å². The summed E-state index contributed by atoms with van der Waals surface area (Å²) in [4.78, 5) is 0. The number of fused-ring (bicyclic) bond motifs is 1. The van der Waals surface area contributed by atoms with Gasteiger partial charge in [0.25, 0.3) is 0 Å². The van der Waals surface area contributed by atoms with E-state index in [0.29, 0.717) is 12.8 Å². The maximum atomic E-state index is 10.3. The smallest absolute Gasteiger partial charge is 0.231 e. The van der Waals surface area contributed by atoms with E-state index >= 15 is 0 Å². The van der Waals surface area contributed by atoms with Crippen LogP contribution < -0.4 is 9.47 Å². The van der Waals surface area contributed by atoms with E-state index in [4.69, 9.17) is 14.2 Å². The maximum Gasteiger partial charge on any atom is 0.231 e. The van der Waals surface area contributed by atoms with Gasteiger partial charge in [0.05, 0.1) is 24.9 Å². The molecule has 5 nitrogen and oxygen atoms in total. The van der Waals surface area contributed by atoms with Crippen molar-refractivity contribution in [2.75, 3.05) is 13.4 Å². The minimum atomic E-state index is -0.489. The van der Waals surface area contributed by atoms with Crippen LogP contribution in [0.1, 0.15) is 61.8 Å². The Morgan fingerprint density at radius 1 is 1.13 bits per heavy atom. The van der Waals surface area contributed by atoms with Crippen LogP contribution in [0, 0.1) is 11.8 Å². The summed E-state index contributed by atoms with van der Waals surface area (Å²) in [7, 11) is 0. The Morgan fingerprint density at radius 3 is 2.67 bits per heavy atom.